The summed E-state index contributed by atoms with van der Waals surface area (Å²) in [7, 11) is -4.12. The first-order valence-electron chi connectivity index (χ1n) is 13.2. The maximum atomic E-state index is 14.1. The van der Waals surface area contributed by atoms with E-state index >= 15 is 0 Å². The van der Waals surface area contributed by atoms with Crippen LogP contribution in [0.25, 0.3) is 0 Å². The van der Waals surface area contributed by atoms with Crippen LogP contribution in [-0.4, -0.2) is 43.8 Å². The minimum Gasteiger partial charge on any atom is -0.352 e. The van der Waals surface area contributed by atoms with Crippen molar-refractivity contribution in [1.82, 2.24) is 10.2 Å². The minimum absolute atomic E-state index is 0.00556. The smallest absolute Gasteiger partial charge is 0.264 e. The molecule has 2 atom stereocenters. The molecule has 214 valence electrons. The predicted molar refractivity (Wildman–Crippen MR) is 161 cm³/mol. The van der Waals surface area contributed by atoms with Crippen molar-refractivity contribution in [2.75, 3.05) is 10.8 Å². The van der Waals surface area contributed by atoms with Gasteiger partial charge in [-0.1, -0.05) is 79.0 Å². The van der Waals surface area contributed by atoms with E-state index in [1.54, 1.807) is 60.7 Å². The Balaban J connectivity index is 2.07. The van der Waals surface area contributed by atoms with Gasteiger partial charge in [0, 0.05) is 22.6 Å². The highest BCUT2D eigenvalue weighted by molar-refractivity contribution is 7.92. The molecule has 0 spiro atoms. The number of anilines is 1. The van der Waals surface area contributed by atoms with Crippen molar-refractivity contribution in [3.63, 3.8) is 0 Å². The quantitative estimate of drug-likeness (QED) is 0.266. The molecule has 10 heteroatoms. The molecule has 2 amide bonds. The van der Waals surface area contributed by atoms with Crippen molar-refractivity contribution in [2.45, 2.75) is 64.1 Å². The fourth-order valence-electron chi connectivity index (χ4n) is 4.15. The average Bonchev–Trinajstić information content (AvgIpc) is 2.93. The number of hydrogen-bond donors (Lipinski definition) is 1. The second-order valence-corrected chi connectivity index (χ2v) is 12.4. The molecule has 0 aliphatic carbocycles. The van der Waals surface area contributed by atoms with Crippen molar-refractivity contribution in [3.8, 4) is 0 Å². The van der Waals surface area contributed by atoms with E-state index in [1.807, 2.05) is 27.7 Å². The molecule has 0 aliphatic heterocycles. The van der Waals surface area contributed by atoms with E-state index < -0.39 is 28.5 Å². The third-order valence-corrected chi connectivity index (χ3v) is 9.05. The maximum absolute atomic E-state index is 14.1. The van der Waals surface area contributed by atoms with Gasteiger partial charge in [0.2, 0.25) is 11.8 Å². The number of nitrogens with zero attached hydrogens (tertiary/aromatic N) is 2. The largest absolute Gasteiger partial charge is 0.352 e. The third kappa shape index (κ3) is 7.77. The van der Waals surface area contributed by atoms with Crippen molar-refractivity contribution >= 4 is 50.7 Å². The number of carbonyl (C=O) groups is 2. The maximum Gasteiger partial charge on any atom is 0.264 e. The van der Waals surface area contributed by atoms with Gasteiger partial charge in [-0.15, -0.1) is 0 Å². The Morgan fingerprint density at radius 1 is 0.925 bits per heavy atom. The molecular formula is C30H35Cl2N3O4S. The molecule has 1 N–H and O–H groups in total. The first-order chi connectivity index (χ1) is 19.0. The highest BCUT2D eigenvalue weighted by atomic mass is 35.5. The lowest BCUT2D eigenvalue weighted by Crippen LogP contribution is -2.53. The number of sulfonamides is 1. The molecule has 3 aromatic carbocycles. The summed E-state index contributed by atoms with van der Waals surface area (Å²) in [5.74, 6) is -0.861. The molecule has 0 aromatic heterocycles. The van der Waals surface area contributed by atoms with Crippen molar-refractivity contribution in [1.29, 1.82) is 0 Å². The second-order valence-electron chi connectivity index (χ2n) is 9.66. The number of carbonyl (C=O) groups excluding carboxylic acids is 2. The Kier molecular flexibility index (Phi) is 11.0. The summed E-state index contributed by atoms with van der Waals surface area (Å²) in [5.41, 5.74) is 1.87. The zero-order chi connectivity index (χ0) is 29.4. The zero-order valence-electron chi connectivity index (χ0n) is 23.1. The van der Waals surface area contributed by atoms with E-state index in [4.69, 9.17) is 23.2 Å². The van der Waals surface area contributed by atoms with Gasteiger partial charge >= 0.3 is 0 Å². The first-order valence-corrected chi connectivity index (χ1v) is 15.4. The van der Waals surface area contributed by atoms with Crippen LogP contribution in [0.2, 0.25) is 10.0 Å². The zero-order valence-corrected chi connectivity index (χ0v) is 25.4. The summed E-state index contributed by atoms with van der Waals surface area (Å²) in [6.07, 6.45) is 1.03. The normalized spacial score (nSPS) is 12.8. The molecule has 0 saturated heterocycles. The van der Waals surface area contributed by atoms with Crippen LogP contribution in [0.4, 0.5) is 5.69 Å². The summed E-state index contributed by atoms with van der Waals surface area (Å²) >= 11 is 12.5. The van der Waals surface area contributed by atoms with Gasteiger partial charge in [-0.05, 0) is 68.7 Å². The van der Waals surface area contributed by atoms with Gasteiger partial charge in [0.05, 0.1) is 10.6 Å². The first kappa shape index (κ1) is 31.5. The van der Waals surface area contributed by atoms with E-state index in [0.29, 0.717) is 27.7 Å². The highest BCUT2D eigenvalue weighted by Gasteiger charge is 2.34. The van der Waals surface area contributed by atoms with Crippen LogP contribution in [0.3, 0.4) is 0 Å². The molecule has 0 saturated carbocycles. The van der Waals surface area contributed by atoms with Gasteiger partial charge in [0.25, 0.3) is 10.0 Å². The van der Waals surface area contributed by atoms with Crippen LogP contribution in [0.1, 0.15) is 44.7 Å². The van der Waals surface area contributed by atoms with E-state index in [0.717, 1.165) is 16.3 Å². The lowest BCUT2D eigenvalue weighted by atomic mass is 10.1. The van der Waals surface area contributed by atoms with Crippen LogP contribution in [-0.2, 0) is 26.2 Å². The molecule has 3 aromatic rings. The van der Waals surface area contributed by atoms with Crippen LogP contribution >= 0.6 is 23.2 Å². The topological polar surface area (TPSA) is 86.8 Å². The summed E-state index contributed by atoms with van der Waals surface area (Å²) in [5, 5.41) is 3.73. The number of nitrogens with one attached hydrogen (secondary N) is 1. The summed E-state index contributed by atoms with van der Waals surface area (Å²) in [6, 6.07) is 18.8. The summed E-state index contributed by atoms with van der Waals surface area (Å²) in [4.78, 5) is 28.9. The molecule has 0 radical (unpaired) electrons. The van der Waals surface area contributed by atoms with Crippen molar-refractivity contribution in [3.05, 3.63) is 94.0 Å². The number of aryl methyl sites for hydroxylation is 1. The monoisotopic (exact) mass is 603 g/mol. The third-order valence-electron chi connectivity index (χ3n) is 6.67. The number of halogens is 2. The molecule has 0 bridgehead atoms. The standard InChI is InChI=1S/C30H35Cl2N3O4S/c1-5-22(4)33-30(37)28(6-2)34(19-23-14-15-24(31)18-27(23)32)29(36)20-35(25-16-12-21(3)13-17-25)40(38,39)26-10-8-7-9-11-26/h7-18,22,28H,5-6,19-20H2,1-4H3,(H,33,37)/t22-,28+/m1/s1. The lowest BCUT2D eigenvalue weighted by Gasteiger charge is -2.34. The van der Waals surface area contributed by atoms with Crippen molar-refractivity contribution < 1.29 is 18.0 Å². The van der Waals surface area contributed by atoms with Crippen LogP contribution in [0, 0.1) is 6.92 Å². The van der Waals surface area contributed by atoms with E-state index in [9.17, 15) is 18.0 Å². The van der Waals surface area contributed by atoms with Crippen LogP contribution < -0.4 is 9.62 Å². The van der Waals surface area contributed by atoms with Crippen LogP contribution in [0.15, 0.2) is 77.7 Å². The Morgan fingerprint density at radius 3 is 2.15 bits per heavy atom. The van der Waals surface area contributed by atoms with E-state index in [-0.39, 0.29) is 23.4 Å². The highest BCUT2D eigenvalue weighted by Crippen LogP contribution is 2.27. The Morgan fingerprint density at radius 2 is 1.57 bits per heavy atom. The van der Waals surface area contributed by atoms with Crippen molar-refractivity contribution in [2.24, 2.45) is 0 Å². The Labute approximate surface area is 247 Å². The Hall–Kier alpha value is -3.07. The molecular weight excluding hydrogens is 569 g/mol. The molecule has 3 rings (SSSR count). The molecule has 40 heavy (non-hydrogen) atoms. The summed E-state index contributed by atoms with van der Waals surface area (Å²) in [6.45, 7) is 7.02. The number of rotatable bonds is 12. The number of benzene rings is 3. The second kappa shape index (κ2) is 14.0. The van der Waals surface area contributed by atoms with Gasteiger partial charge in [-0.2, -0.15) is 0 Å². The Bertz CT molecular complexity index is 1420. The molecule has 7 nitrogen and oxygen atoms in total. The average molecular weight is 605 g/mol. The van der Waals surface area contributed by atoms with E-state index in [1.165, 1.54) is 17.0 Å². The van der Waals surface area contributed by atoms with E-state index in [2.05, 4.69) is 5.32 Å². The van der Waals surface area contributed by atoms with Crippen LogP contribution in [0.5, 0.6) is 0 Å². The number of hydrogen-bond acceptors (Lipinski definition) is 4. The van der Waals surface area contributed by atoms with Gasteiger partial charge in [0.1, 0.15) is 12.6 Å². The predicted octanol–water partition coefficient (Wildman–Crippen LogP) is 6.22. The van der Waals surface area contributed by atoms with Gasteiger partial charge in [-0.3, -0.25) is 13.9 Å². The minimum atomic E-state index is -4.12. The number of amides is 2. The van der Waals surface area contributed by atoms with Gasteiger partial charge in [0.15, 0.2) is 0 Å². The fraction of sp³-hybridized carbons (Fsp3) is 0.333. The molecule has 0 heterocycles. The molecule has 0 aliphatic rings. The molecule has 0 unspecified atom stereocenters. The summed E-state index contributed by atoms with van der Waals surface area (Å²) < 4.78 is 28.7. The fourth-order valence-corrected chi connectivity index (χ4v) is 6.06. The lowest BCUT2D eigenvalue weighted by molar-refractivity contribution is -0.140. The van der Waals surface area contributed by atoms with Gasteiger partial charge < -0.3 is 10.2 Å². The molecule has 0 fully saturated rings. The SMILES string of the molecule is CC[C@@H](C)NC(=O)[C@H](CC)N(Cc1ccc(Cl)cc1Cl)C(=O)CN(c1ccc(C)cc1)S(=O)(=O)c1ccccc1. The van der Waals surface area contributed by atoms with Gasteiger partial charge in [-0.25, -0.2) is 8.42 Å².